The highest BCUT2D eigenvalue weighted by atomic mass is 79.9. The van der Waals surface area contributed by atoms with Crippen molar-refractivity contribution in [3.63, 3.8) is 0 Å². The fourth-order valence-electron chi connectivity index (χ4n) is 1.82. The van der Waals surface area contributed by atoms with E-state index in [0.717, 1.165) is 17.6 Å². The van der Waals surface area contributed by atoms with Gasteiger partial charge in [-0.05, 0) is 37.1 Å². The molecule has 0 unspecified atom stereocenters. The highest BCUT2D eigenvalue weighted by Gasteiger charge is 2.13. The molecule has 1 saturated heterocycles. The van der Waals surface area contributed by atoms with Crippen molar-refractivity contribution in [2.24, 2.45) is 0 Å². The average molecular weight is 283 g/mol. The zero-order valence-corrected chi connectivity index (χ0v) is 10.7. The summed E-state index contributed by atoms with van der Waals surface area (Å²) < 4.78 is 0.988. The molecule has 0 spiro atoms. The SMILES string of the molecule is O=C(NN1CCCCC1)c1ccc(Br)cc1. The molecule has 0 atom stereocenters. The molecule has 0 aromatic heterocycles. The molecule has 1 N–H and O–H groups in total. The van der Waals surface area contributed by atoms with Gasteiger partial charge in [-0.2, -0.15) is 0 Å². The van der Waals surface area contributed by atoms with Crippen LogP contribution in [0.4, 0.5) is 0 Å². The lowest BCUT2D eigenvalue weighted by atomic mass is 10.1. The third kappa shape index (κ3) is 3.06. The van der Waals surface area contributed by atoms with Crippen LogP contribution in [0.2, 0.25) is 0 Å². The van der Waals surface area contributed by atoms with Gasteiger partial charge in [-0.25, -0.2) is 5.01 Å². The Hall–Kier alpha value is -0.870. The number of carbonyl (C=O) groups excluding carboxylic acids is 1. The Morgan fingerprint density at radius 2 is 1.75 bits per heavy atom. The first-order valence-corrected chi connectivity index (χ1v) is 6.36. The number of nitrogens with zero attached hydrogens (tertiary/aromatic N) is 1. The van der Waals surface area contributed by atoms with Gasteiger partial charge >= 0.3 is 0 Å². The van der Waals surface area contributed by atoms with Crippen molar-refractivity contribution >= 4 is 21.8 Å². The van der Waals surface area contributed by atoms with E-state index in [2.05, 4.69) is 21.4 Å². The Morgan fingerprint density at radius 1 is 1.12 bits per heavy atom. The van der Waals surface area contributed by atoms with Crippen molar-refractivity contribution < 1.29 is 4.79 Å². The first-order valence-electron chi connectivity index (χ1n) is 5.57. The zero-order chi connectivity index (χ0) is 11.4. The Balaban J connectivity index is 1.94. The largest absolute Gasteiger partial charge is 0.285 e. The summed E-state index contributed by atoms with van der Waals surface area (Å²) in [5, 5.41) is 2.01. The summed E-state index contributed by atoms with van der Waals surface area (Å²) in [6, 6.07) is 7.41. The number of carbonyl (C=O) groups is 1. The zero-order valence-electron chi connectivity index (χ0n) is 9.08. The van der Waals surface area contributed by atoms with Crippen LogP contribution >= 0.6 is 15.9 Å². The molecule has 1 aliphatic rings. The Bertz CT molecular complexity index is 358. The lowest BCUT2D eigenvalue weighted by Gasteiger charge is -2.26. The first-order chi connectivity index (χ1) is 7.75. The van der Waals surface area contributed by atoms with Crippen LogP contribution < -0.4 is 5.43 Å². The van der Waals surface area contributed by atoms with Crippen LogP contribution in [0.3, 0.4) is 0 Å². The molecule has 0 aliphatic carbocycles. The molecule has 1 aliphatic heterocycles. The van der Waals surface area contributed by atoms with Gasteiger partial charge in [0, 0.05) is 23.1 Å². The number of amides is 1. The summed E-state index contributed by atoms with van der Waals surface area (Å²) in [7, 11) is 0. The van der Waals surface area contributed by atoms with Crippen LogP contribution in [0, 0.1) is 0 Å². The quantitative estimate of drug-likeness (QED) is 0.904. The van der Waals surface area contributed by atoms with Gasteiger partial charge in [0.2, 0.25) is 0 Å². The van der Waals surface area contributed by atoms with Gasteiger partial charge in [0.25, 0.3) is 5.91 Å². The van der Waals surface area contributed by atoms with E-state index >= 15 is 0 Å². The van der Waals surface area contributed by atoms with Gasteiger partial charge in [-0.15, -0.1) is 0 Å². The number of hydrogen-bond acceptors (Lipinski definition) is 2. The Morgan fingerprint density at radius 3 is 2.38 bits per heavy atom. The normalized spacial score (nSPS) is 17.1. The third-order valence-electron chi connectivity index (χ3n) is 2.72. The summed E-state index contributed by atoms with van der Waals surface area (Å²) in [5.74, 6) is -0.0191. The fraction of sp³-hybridized carbons (Fsp3) is 0.417. The molecule has 1 fully saturated rings. The molecular formula is C12H15BrN2O. The van der Waals surface area contributed by atoms with Crippen LogP contribution in [0.25, 0.3) is 0 Å². The molecule has 3 nitrogen and oxygen atoms in total. The van der Waals surface area contributed by atoms with Crippen LogP contribution in [0.5, 0.6) is 0 Å². The number of hydrogen-bond donors (Lipinski definition) is 1. The second-order valence-electron chi connectivity index (χ2n) is 4.00. The predicted molar refractivity (Wildman–Crippen MR) is 67.0 cm³/mol. The number of nitrogens with one attached hydrogen (secondary N) is 1. The van der Waals surface area contributed by atoms with E-state index in [9.17, 15) is 4.79 Å². The van der Waals surface area contributed by atoms with Crippen LogP contribution in [-0.2, 0) is 0 Å². The van der Waals surface area contributed by atoms with Gasteiger partial charge in [0.05, 0.1) is 0 Å². The Kier molecular flexibility index (Phi) is 3.96. The summed E-state index contributed by atoms with van der Waals surface area (Å²) >= 11 is 3.35. The van der Waals surface area contributed by atoms with Crippen molar-refractivity contribution in [2.75, 3.05) is 13.1 Å². The molecule has 16 heavy (non-hydrogen) atoms. The smallest absolute Gasteiger partial charge is 0.265 e. The summed E-state index contributed by atoms with van der Waals surface area (Å²) in [4.78, 5) is 11.9. The number of rotatable bonds is 2. The minimum Gasteiger partial charge on any atom is -0.285 e. The molecule has 0 bridgehead atoms. The molecule has 2 rings (SSSR count). The lowest BCUT2D eigenvalue weighted by molar-refractivity contribution is 0.0750. The lowest BCUT2D eigenvalue weighted by Crippen LogP contribution is -2.45. The van der Waals surface area contributed by atoms with Crippen LogP contribution in [-0.4, -0.2) is 24.0 Å². The topological polar surface area (TPSA) is 32.3 Å². The summed E-state index contributed by atoms with van der Waals surface area (Å²) in [6.45, 7) is 1.92. The molecule has 1 aromatic carbocycles. The van der Waals surface area contributed by atoms with Crippen molar-refractivity contribution in [3.8, 4) is 0 Å². The van der Waals surface area contributed by atoms with Crippen molar-refractivity contribution in [2.45, 2.75) is 19.3 Å². The van der Waals surface area contributed by atoms with E-state index in [1.807, 2.05) is 29.3 Å². The van der Waals surface area contributed by atoms with E-state index in [1.165, 1.54) is 19.3 Å². The van der Waals surface area contributed by atoms with Gasteiger partial charge in [0.1, 0.15) is 0 Å². The van der Waals surface area contributed by atoms with E-state index in [0.29, 0.717) is 5.56 Å². The maximum Gasteiger partial charge on any atom is 0.265 e. The molecule has 4 heteroatoms. The minimum absolute atomic E-state index is 0.0191. The summed E-state index contributed by atoms with van der Waals surface area (Å²) in [5.41, 5.74) is 3.64. The molecule has 0 radical (unpaired) electrons. The van der Waals surface area contributed by atoms with Crippen LogP contribution in [0.1, 0.15) is 29.6 Å². The van der Waals surface area contributed by atoms with Crippen molar-refractivity contribution in [1.82, 2.24) is 10.4 Å². The van der Waals surface area contributed by atoms with E-state index in [4.69, 9.17) is 0 Å². The monoisotopic (exact) mass is 282 g/mol. The van der Waals surface area contributed by atoms with Gasteiger partial charge < -0.3 is 0 Å². The first kappa shape index (κ1) is 11.6. The molecule has 86 valence electrons. The van der Waals surface area contributed by atoms with E-state index in [-0.39, 0.29) is 5.91 Å². The van der Waals surface area contributed by atoms with Gasteiger partial charge in [-0.3, -0.25) is 10.2 Å². The maximum absolute atomic E-state index is 11.9. The third-order valence-corrected chi connectivity index (χ3v) is 3.25. The molecule has 1 aromatic rings. The molecule has 1 amide bonds. The second-order valence-corrected chi connectivity index (χ2v) is 4.91. The Labute approximate surface area is 104 Å². The number of piperidine rings is 1. The fourth-order valence-corrected chi connectivity index (χ4v) is 2.08. The molecule has 1 heterocycles. The van der Waals surface area contributed by atoms with Crippen LogP contribution in [0.15, 0.2) is 28.7 Å². The average Bonchev–Trinajstić information content (AvgIpc) is 2.31. The predicted octanol–water partition coefficient (Wildman–Crippen LogP) is 2.58. The second kappa shape index (κ2) is 5.46. The number of benzene rings is 1. The minimum atomic E-state index is -0.0191. The molecule has 0 saturated carbocycles. The van der Waals surface area contributed by atoms with Crippen molar-refractivity contribution in [3.05, 3.63) is 34.3 Å². The standard InChI is InChI=1S/C12H15BrN2O/c13-11-6-4-10(5-7-11)12(16)14-15-8-2-1-3-9-15/h4-7H,1-3,8-9H2,(H,14,16). The highest BCUT2D eigenvalue weighted by molar-refractivity contribution is 9.10. The van der Waals surface area contributed by atoms with Crippen molar-refractivity contribution in [1.29, 1.82) is 0 Å². The van der Waals surface area contributed by atoms with E-state index in [1.54, 1.807) is 0 Å². The van der Waals surface area contributed by atoms with Gasteiger partial charge in [-0.1, -0.05) is 22.4 Å². The highest BCUT2D eigenvalue weighted by Crippen LogP contribution is 2.11. The van der Waals surface area contributed by atoms with E-state index < -0.39 is 0 Å². The number of halogens is 1. The maximum atomic E-state index is 11.9. The molecular weight excluding hydrogens is 268 g/mol. The number of hydrazine groups is 1. The van der Waals surface area contributed by atoms with Gasteiger partial charge in [0.15, 0.2) is 0 Å². The summed E-state index contributed by atoms with van der Waals surface area (Å²) in [6.07, 6.45) is 3.60.